The fourth-order valence-electron chi connectivity index (χ4n) is 0.697. The van der Waals surface area contributed by atoms with Gasteiger partial charge >= 0.3 is 5.97 Å². The van der Waals surface area contributed by atoms with Gasteiger partial charge in [-0.3, -0.25) is 4.79 Å². The second-order valence-electron chi connectivity index (χ2n) is 2.45. The summed E-state index contributed by atoms with van der Waals surface area (Å²) in [6.45, 7) is 8.84. The molecule has 0 aromatic rings. The number of carbonyl (C=O) groups excluding carboxylic acids is 1. The summed E-state index contributed by atoms with van der Waals surface area (Å²) in [6, 6.07) is 0. The highest BCUT2D eigenvalue weighted by Gasteiger charge is 2.05. The van der Waals surface area contributed by atoms with Gasteiger partial charge in [0.15, 0.2) is 5.76 Å². The molecule has 0 amide bonds. The van der Waals surface area contributed by atoms with E-state index in [1.807, 2.05) is 6.92 Å². The van der Waals surface area contributed by atoms with Crippen LogP contribution in [0, 0.1) is 0 Å². The zero-order chi connectivity index (χ0) is 10.3. The van der Waals surface area contributed by atoms with E-state index in [4.69, 9.17) is 10.5 Å². The van der Waals surface area contributed by atoms with Crippen LogP contribution in [-0.4, -0.2) is 5.97 Å². The van der Waals surface area contributed by atoms with Crippen molar-refractivity contribution < 1.29 is 9.53 Å². The second kappa shape index (κ2) is 6.06. The minimum Gasteiger partial charge on any atom is -0.424 e. The molecular weight excluding hydrogens is 166 g/mol. The van der Waals surface area contributed by atoms with Crippen LogP contribution in [0.1, 0.15) is 19.8 Å². The van der Waals surface area contributed by atoms with E-state index in [0.29, 0.717) is 12.1 Å². The molecule has 0 heterocycles. The van der Waals surface area contributed by atoms with Crippen molar-refractivity contribution in [2.75, 3.05) is 0 Å². The molecule has 3 nitrogen and oxygen atoms in total. The maximum atomic E-state index is 11.0. The van der Waals surface area contributed by atoms with Crippen molar-refractivity contribution in [2.24, 2.45) is 5.73 Å². The van der Waals surface area contributed by atoms with E-state index in [9.17, 15) is 4.79 Å². The molecule has 0 aliphatic heterocycles. The number of ether oxygens (including phenoxy) is 1. The molecule has 0 spiro atoms. The molecule has 0 aromatic heterocycles. The van der Waals surface area contributed by atoms with E-state index < -0.39 is 0 Å². The lowest BCUT2D eigenvalue weighted by Crippen LogP contribution is -2.07. The summed E-state index contributed by atoms with van der Waals surface area (Å²) in [6.07, 6.45) is 3.93. The molecule has 0 aliphatic rings. The quantitative estimate of drug-likeness (QED) is 0.400. The van der Waals surface area contributed by atoms with Crippen molar-refractivity contribution in [3.8, 4) is 0 Å². The number of nitrogens with two attached hydrogens (primary N) is 1. The van der Waals surface area contributed by atoms with Crippen molar-refractivity contribution in [1.29, 1.82) is 0 Å². The largest absolute Gasteiger partial charge is 0.424 e. The predicted octanol–water partition coefficient (Wildman–Crippen LogP) is 1.87. The zero-order valence-corrected chi connectivity index (χ0v) is 7.88. The van der Waals surface area contributed by atoms with Crippen LogP contribution < -0.4 is 5.73 Å². The third-order valence-corrected chi connectivity index (χ3v) is 1.37. The lowest BCUT2D eigenvalue weighted by Gasteiger charge is -2.05. The summed E-state index contributed by atoms with van der Waals surface area (Å²) in [4.78, 5) is 11.0. The van der Waals surface area contributed by atoms with Gasteiger partial charge in [-0.2, -0.15) is 0 Å². The standard InChI is InChI=1S/C10H15NO2/c1-4-7-10(12)13-9(6-3)8(11)5-2/h5-6H,2-4,7,11H2,1H3/b9-8-. The van der Waals surface area contributed by atoms with E-state index in [0.717, 1.165) is 6.42 Å². The summed E-state index contributed by atoms with van der Waals surface area (Å²) in [7, 11) is 0. The fraction of sp³-hybridized carbons (Fsp3) is 0.300. The minimum absolute atomic E-state index is 0.272. The molecule has 13 heavy (non-hydrogen) atoms. The molecule has 0 radical (unpaired) electrons. The SMILES string of the molecule is C=C/C(N)=C(\C=C)OC(=O)CCC. The van der Waals surface area contributed by atoms with Crippen molar-refractivity contribution in [1.82, 2.24) is 0 Å². The third-order valence-electron chi connectivity index (χ3n) is 1.37. The highest BCUT2D eigenvalue weighted by molar-refractivity contribution is 5.71. The van der Waals surface area contributed by atoms with E-state index in [1.165, 1.54) is 12.2 Å². The average molecular weight is 181 g/mol. The highest BCUT2D eigenvalue weighted by Crippen LogP contribution is 2.06. The van der Waals surface area contributed by atoms with Gasteiger partial charge < -0.3 is 10.5 Å². The van der Waals surface area contributed by atoms with Crippen molar-refractivity contribution in [3.05, 3.63) is 36.8 Å². The monoisotopic (exact) mass is 181 g/mol. The molecule has 0 fully saturated rings. The van der Waals surface area contributed by atoms with Gasteiger partial charge in [-0.1, -0.05) is 20.1 Å². The van der Waals surface area contributed by atoms with E-state index in [-0.39, 0.29) is 11.7 Å². The Balaban J connectivity index is 4.38. The average Bonchev–Trinajstić information content (AvgIpc) is 2.13. The molecule has 0 unspecified atom stereocenters. The lowest BCUT2D eigenvalue weighted by molar-refractivity contribution is -0.139. The molecule has 0 saturated carbocycles. The number of rotatable bonds is 5. The Morgan fingerprint density at radius 1 is 1.46 bits per heavy atom. The fourth-order valence-corrected chi connectivity index (χ4v) is 0.697. The van der Waals surface area contributed by atoms with E-state index in [2.05, 4.69) is 13.2 Å². The number of hydrogen-bond donors (Lipinski definition) is 1. The van der Waals surface area contributed by atoms with Gasteiger partial charge in [0.1, 0.15) is 0 Å². The molecule has 0 bridgehead atoms. The van der Waals surface area contributed by atoms with Gasteiger partial charge in [-0.25, -0.2) is 0 Å². The Morgan fingerprint density at radius 2 is 2.08 bits per heavy atom. The molecule has 0 aromatic carbocycles. The highest BCUT2D eigenvalue weighted by atomic mass is 16.5. The summed E-state index contributed by atoms with van der Waals surface area (Å²) in [5.41, 5.74) is 5.80. The Bertz CT molecular complexity index is 241. The molecule has 0 rings (SSSR count). The van der Waals surface area contributed by atoms with Crippen LogP contribution in [0.3, 0.4) is 0 Å². The van der Waals surface area contributed by atoms with E-state index >= 15 is 0 Å². The maximum Gasteiger partial charge on any atom is 0.311 e. The molecule has 3 heteroatoms. The van der Waals surface area contributed by atoms with Crippen LogP contribution in [0.4, 0.5) is 0 Å². The first-order valence-corrected chi connectivity index (χ1v) is 4.11. The number of allylic oxidation sites excluding steroid dienone is 2. The lowest BCUT2D eigenvalue weighted by atomic mass is 10.3. The first-order valence-electron chi connectivity index (χ1n) is 4.11. The van der Waals surface area contributed by atoms with Crippen molar-refractivity contribution >= 4 is 5.97 Å². The summed E-state index contributed by atoms with van der Waals surface area (Å²) in [5, 5.41) is 0. The van der Waals surface area contributed by atoms with Gasteiger partial charge in [0.25, 0.3) is 0 Å². The molecule has 72 valence electrons. The maximum absolute atomic E-state index is 11.0. The summed E-state index contributed by atoms with van der Waals surface area (Å²) >= 11 is 0. The molecular formula is C10H15NO2. The van der Waals surface area contributed by atoms with Crippen LogP contribution in [-0.2, 0) is 9.53 Å². The number of esters is 1. The summed E-state index contributed by atoms with van der Waals surface area (Å²) in [5.74, 6) is -0.0318. The Morgan fingerprint density at radius 3 is 2.46 bits per heavy atom. The first-order chi connectivity index (χ1) is 6.15. The Hall–Kier alpha value is -1.51. The topological polar surface area (TPSA) is 52.3 Å². The normalized spacial score (nSPS) is 11.5. The Labute approximate surface area is 78.6 Å². The second-order valence-corrected chi connectivity index (χ2v) is 2.45. The molecule has 0 aliphatic carbocycles. The van der Waals surface area contributed by atoms with Crippen LogP contribution in [0.15, 0.2) is 36.8 Å². The molecule has 2 N–H and O–H groups in total. The number of carbonyl (C=O) groups is 1. The molecule has 0 saturated heterocycles. The third kappa shape index (κ3) is 4.15. The van der Waals surface area contributed by atoms with Crippen LogP contribution >= 0.6 is 0 Å². The minimum atomic E-state index is -0.304. The number of hydrogen-bond acceptors (Lipinski definition) is 3. The van der Waals surface area contributed by atoms with Crippen LogP contribution in [0.2, 0.25) is 0 Å². The van der Waals surface area contributed by atoms with Crippen LogP contribution in [0.5, 0.6) is 0 Å². The van der Waals surface area contributed by atoms with Crippen LogP contribution in [0.25, 0.3) is 0 Å². The Kier molecular flexibility index (Phi) is 5.35. The van der Waals surface area contributed by atoms with Gasteiger partial charge in [0, 0.05) is 6.42 Å². The van der Waals surface area contributed by atoms with Gasteiger partial charge in [0.2, 0.25) is 0 Å². The predicted molar refractivity (Wildman–Crippen MR) is 52.6 cm³/mol. The van der Waals surface area contributed by atoms with Gasteiger partial charge in [-0.05, 0) is 18.6 Å². The van der Waals surface area contributed by atoms with Crippen molar-refractivity contribution in [2.45, 2.75) is 19.8 Å². The van der Waals surface area contributed by atoms with E-state index in [1.54, 1.807) is 0 Å². The molecule has 0 atom stereocenters. The van der Waals surface area contributed by atoms with Gasteiger partial charge in [0.05, 0.1) is 5.70 Å². The van der Waals surface area contributed by atoms with Crippen molar-refractivity contribution in [3.63, 3.8) is 0 Å². The van der Waals surface area contributed by atoms with Gasteiger partial charge in [-0.15, -0.1) is 0 Å². The smallest absolute Gasteiger partial charge is 0.311 e. The first kappa shape index (κ1) is 11.5. The zero-order valence-electron chi connectivity index (χ0n) is 7.88. The summed E-state index contributed by atoms with van der Waals surface area (Å²) < 4.78 is 4.92.